The Kier molecular flexibility index (Phi) is 4.73. The molecule has 0 aliphatic heterocycles. The first kappa shape index (κ1) is 13.4. The summed E-state index contributed by atoms with van der Waals surface area (Å²) in [6, 6.07) is 4.82. The van der Waals surface area contributed by atoms with Crippen molar-refractivity contribution in [3.05, 3.63) is 27.3 Å². The van der Waals surface area contributed by atoms with Crippen LogP contribution in [0, 0.1) is 9.49 Å². The zero-order valence-electron chi connectivity index (χ0n) is 9.40. The number of benzene rings is 1. The van der Waals surface area contributed by atoms with Crippen molar-refractivity contribution < 1.29 is 9.90 Å². The van der Waals surface area contributed by atoms with Crippen LogP contribution in [0.4, 0.5) is 0 Å². The summed E-state index contributed by atoms with van der Waals surface area (Å²) in [5, 5.41) is 9.37. The second kappa shape index (κ2) is 5.63. The first-order chi connectivity index (χ1) is 7.41. The summed E-state index contributed by atoms with van der Waals surface area (Å²) >= 11 is 2.05. The van der Waals surface area contributed by atoms with Gasteiger partial charge in [0.05, 0.1) is 9.61 Å². The molecule has 1 atom stereocenters. The molecule has 0 saturated heterocycles. The molecule has 0 aliphatic carbocycles. The molecule has 88 valence electrons. The molecule has 0 heterocycles. The number of phenols is 1. The van der Waals surface area contributed by atoms with Crippen LogP contribution >= 0.6 is 22.6 Å². The number of Topliss-reactive ketones (excluding diaryl/α,β-unsaturated/α-hetero) is 1. The van der Waals surface area contributed by atoms with E-state index < -0.39 is 6.04 Å². The van der Waals surface area contributed by atoms with Gasteiger partial charge in [-0.15, -0.1) is 0 Å². The maximum absolute atomic E-state index is 11.6. The van der Waals surface area contributed by atoms with Crippen molar-refractivity contribution in [2.45, 2.75) is 26.3 Å². The van der Waals surface area contributed by atoms with Crippen molar-refractivity contribution in [1.29, 1.82) is 0 Å². The van der Waals surface area contributed by atoms with Crippen LogP contribution in [0.15, 0.2) is 18.2 Å². The lowest BCUT2D eigenvalue weighted by atomic mass is 9.96. The van der Waals surface area contributed by atoms with E-state index in [1.54, 1.807) is 12.1 Å². The van der Waals surface area contributed by atoms with Gasteiger partial charge in [0, 0.05) is 5.92 Å². The van der Waals surface area contributed by atoms with Gasteiger partial charge in [0.2, 0.25) is 0 Å². The van der Waals surface area contributed by atoms with Crippen LogP contribution in [0.2, 0.25) is 0 Å². The summed E-state index contributed by atoms with van der Waals surface area (Å²) in [6.45, 7) is 3.70. The quantitative estimate of drug-likeness (QED) is 0.830. The molecule has 0 spiro atoms. The van der Waals surface area contributed by atoms with Gasteiger partial charge < -0.3 is 10.8 Å². The molecule has 0 radical (unpaired) electrons. The van der Waals surface area contributed by atoms with E-state index in [9.17, 15) is 9.90 Å². The third-order valence-electron chi connectivity index (χ3n) is 2.40. The first-order valence-corrected chi connectivity index (χ1v) is 6.26. The van der Waals surface area contributed by atoms with E-state index >= 15 is 0 Å². The van der Waals surface area contributed by atoms with Crippen molar-refractivity contribution in [3.63, 3.8) is 0 Å². The second-order valence-electron chi connectivity index (χ2n) is 4.15. The maximum atomic E-state index is 11.6. The van der Waals surface area contributed by atoms with Gasteiger partial charge >= 0.3 is 0 Å². The molecule has 0 fully saturated rings. The summed E-state index contributed by atoms with van der Waals surface area (Å²) in [5.74, 6) is 0.294. The lowest BCUT2D eigenvalue weighted by Gasteiger charge is -2.13. The first-order valence-electron chi connectivity index (χ1n) is 5.18. The van der Waals surface area contributed by atoms with Crippen molar-refractivity contribution in [3.8, 4) is 5.75 Å². The summed E-state index contributed by atoms with van der Waals surface area (Å²) in [7, 11) is 0. The molecular formula is C12H16INO2. The fourth-order valence-electron chi connectivity index (χ4n) is 1.46. The van der Waals surface area contributed by atoms with Gasteiger partial charge in [-0.3, -0.25) is 4.79 Å². The molecular weight excluding hydrogens is 317 g/mol. The van der Waals surface area contributed by atoms with Crippen LogP contribution < -0.4 is 5.73 Å². The standard InChI is InChI=1S/C12H16INO2/c1-7(2)12(16)10(14)6-8-3-4-11(15)9(13)5-8/h3-5,7,10,15H,6,14H2,1-2H3/t10-/m0/s1. The molecule has 3 N–H and O–H groups in total. The number of carbonyl (C=O) groups is 1. The molecule has 1 aromatic rings. The number of ketones is 1. The van der Waals surface area contributed by atoms with E-state index in [0.29, 0.717) is 6.42 Å². The van der Waals surface area contributed by atoms with Gasteiger partial charge in [-0.25, -0.2) is 0 Å². The maximum Gasteiger partial charge on any atom is 0.152 e. The van der Waals surface area contributed by atoms with E-state index in [2.05, 4.69) is 22.6 Å². The third kappa shape index (κ3) is 3.45. The Morgan fingerprint density at radius 1 is 1.50 bits per heavy atom. The predicted octanol–water partition coefficient (Wildman–Crippen LogP) is 2.09. The molecule has 0 amide bonds. The van der Waals surface area contributed by atoms with Crippen LogP contribution in [-0.4, -0.2) is 16.9 Å². The monoisotopic (exact) mass is 333 g/mol. The van der Waals surface area contributed by atoms with Crippen molar-refractivity contribution in [1.82, 2.24) is 0 Å². The van der Waals surface area contributed by atoms with Crippen molar-refractivity contribution in [2.24, 2.45) is 11.7 Å². The van der Waals surface area contributed by atoms with Gasteiger partial charge in [0.15, 0.2) is 5.78 Å². The molecule has 4 heteroatoms. The van der Waals surface area contributed by atoms with Gasteiger partial charge in [0.1, 0.15) is 5.75 Å². The highest BCUT2D eigenvalue weighted by molar-refractivity contribution is 14.1. The number of nitrogens with two attached hydrogens (primary N) is 1. The molecule has 0 unspecified atom stereocenters. The average Bonchev–Trinajstić information content (AvgIpc) is 2.22. The molecule has 0 aromatic heterocycles. The van der Waals surface area contributed by atoms with E-state index in [4.69, 9.17) is 5.73 Å². The normalized spacial score (nSPS) is 12.8. The smallest absolute Gasteiger partial charge is 0.152 e. The summed E-state index contributed by atoms with van der Waals surface area (Å²) < 4.78 is 0.777. The lowest BCUT2D eigenvalue weighted by Crippen LogP contribution is -2.35. The Morgan fingerprint density at radius 2 is 2.12 bits per heavy atom. The molecule has 16 heavy (non-hydrogen) atoms. The van der Waals surface area contributed by atoms with E-state index in [1.807, 2.05) is 19.9 Å². The Hall–Kier alpha value is -0.620. The van der Waals surface area contributed by atoms with Gasteiger partial charge in [-0.1, -0.05) is 19.9 Å². The fourth-order valence-corrected chi connectivity index (χ4v) is 2.04. The topological polar surface area (TPSA) is 63.3 Å². The van der Waals surface area contributed by atoms with E-state index in [-0.39, 0.29) is 17.5 Å². The minimum atomic E-state index is -0.458. The summed E-state index contributed by atoms with van der Waals surface area (Å²) in [6.07, 6.45) is 0.521. The summed E-state index contributed by atoms with van der Waals surface area (Å²) in [5.41, 5.74) is 6.80. The zero-order chi connectivity index (χ0) is 12.3. The molecule has 0 aliphatic rings. The van der Waals surface area contributed by atoms with Crippen LogP contribution in [0.25, 0.3) is 0 Å². The van der Waals surface area contributed by atoms with Crippen molar-refractivity contribution >= 4 is 28.4 Å². The fraction of sp³-hybridized carbons (Fsp3) is 0.417. The number of phenolic OH excluding ortho intramolecular Hbond substituents is 1. The predicted molar refractivity (Wildman–Crippen MR) is 72.3 cm³/mol. The number of hydrogen-bond donors (Lipinski definition) is 2. The van der Waals surface area contributed by atoms with Crippen LogP contribution in [0.5, 0.6) is 5.75 Å². The second-order valence-corrected chi connectivity index (χ2v) is 5.32. The number of halogens is 1. The SMILES string of the molecule is CC(C)C(=O)[C@@H](N)Cc1ccc(O)c(I)c1. The Labute approximate surface area is 109 Å². The highest BCUT2D eigenvalue weighted by Crippen LogP contribution is 2.21. The number of rotatable bonds is 4. The Balaban J connectivity index is 2.73. The highest BCUT2D eigenvalue weighted by Gasteiger charge is 2.17. The Morgan fingerprint density at radius 3 is 2.62 bits per heavy atom. The van der Waals surface area contributed by atoms with Gasteiger partial charge in [-0.2, -0.15) is 0 Å². The minimum absolute atomic E-state index is 0.0359. The largest absolute Gasteiger partial charge is 0.507 e. The molecule has 0 saturated carbocycles. The van der Waals surface area contributed by atoms with Crippen LogP contribution in [0.1, 0.15) is 19.4 Å². The highest BCUT2D eigenvalue weighted by atomic mass is 127. The average molecular weight is 333 g/mol. The van der Waals surface area contributed by atoms with Crippen LogP contribution in [-0.2, 0) is 11.2 Å². The molecule has 1 rings (SSSR count). The zero-order valence-corrected chi connectivity index (χ0v) is 11.6. The molecule has 3 nitrogen and oxygen atoms in total. The van der Waals surface area contributed by atoms with Crippen molar-refractivity contribution in [2.75, 3.05) is 0 Å². The van der Waals surface area contributed by atoms with Gasteiger partial charge in [0.25, 0.3) is 0 Å². The lowest BCUT2D eigenvalue weighted by molar-refractivity contribution is -0.123. The van der Waals surface area contributed by atoms with E-state index in [0.717, 1.165) is 9.13 Å². The van der Waals surface area contributed by atoms with Gasteiger partial charge in [-0.05, 0) is 46.7 Å². The molecule has 0 bridgehead atoms. The Bertz CT molecular complexity index is 391. The molecule has 1 aromatic carbocycles. The van der Waals surface area contributed by atoms with E-state index in [1.165, 1.54) is 0 Å². The van der Waals surface area contributed by atoms with Crippen LogP contribution in [0.3, 0.4) is 0 Å². The third-order valence-corrected chi connectivity index (χ3v) is 3.27. The number of hydrogen-bond acceptors (Lipinski definition) is 3. The minimum Gasteiger partial charge on any atom is -0.507 e. The number of carbonyl (C=O) groups excluding carboxylic acids is 1. The number of aromatic hydroxyl groups is 1. The summed E-state index contributed by atoms with van der Waals surface area (Å²) in [4.78, 5) is 11.6.